The molecule has 0 saturated heterocycles. The van der Waals surface area contributed by atoms with Crippen molar-refractivity contribution in [1.29, 1.82) is 0 Å². The van der Waals surface area contributed by atoms with Crippen LogP contribution in [0, 0.1) is 0 Å². The summed E-state index contributed by atoms with van der Waals surface area (Å²) < 4.78 is 16.1. The van der Waals surface area contributed by atoms with Gasteiger partial charge in [-0.15, -0.1) is 0 Å². The van der Waals surface area contributed by atoms with Crippen LogP contribution in [-0.2, 0) is 16.1 Å². The fraction of sp³-hybridized carbons (Fsp3) is 0.160. The number of rotatable bonds is 7. The molecule has 4 rings (SSSR count). The number of hydrogen-bond donors (Lipinski definition) is 1. The molecule has 0 aliphatic carbocycles. The zero-order valence-electron chi connectivity index (χ0n) is 17.4. The summed E-state index contributed by atoms with van der Waals surface area (Å²) in [5, 5.41) is 5.11. The Bertz CT molecular complexity index is 1360. The van der Waals surface area contributed by atoms with Crippen molar-refractivity contribution in [3.8, 4) is 5.75 Å². The number of ether oxygens (including phenoxy) is 2. The molecule has 0 saturated carbocycles. The number of hydrogen-bond acceptors (Lipinski definition) is 6. The van der Waals surface area contributed by atoms with E-state index >= 15 is 0 Å². The first kappa shape index (κ1) is 21.1. The number of amides is 1. The van der Waals surface area contributed by atoms with Crippen LogP contribution in [-0.4, -0.2) is 25.0 Å². The summed E-state index contributed by atoms with van der Waals surface area (Å²) in [6, 6.07) is 19.4. The van der Waals surface area contributed by atoms with Crippen molar-refractivity contribution in [3.05, 3.63) is 88.3 Å². The third-order valence-corrected chi connectivity index (χ3v) is 4.93. The van der Waals surface area contributed by atoms with Crippen LogP contribution >= 0.6 is 0 Å². The lowest BCUT2D eigenvalue weighted by Gasteiger charge is -2.11. The fourth-order valence-corrected chi connectivity index (χ4v) is 3.53. The molecule has 32 heavy (non-hydrogen) atoms. The number of benzene rings is 3. The summed E-state index contributed by atoms with van der Waals surface area (Å²) >= 11 is 0. The molecule has 0 aliphatic heterocycles. The molecule has 7 nitrogen and oxygen atoms in total. The average molecular weight is 431 g/mol. The van der Waals surface area contributed by atoms with Gasteiger partial charge in [0.1, 0.15) is 24.5 Å². The van der Waals surface area contributed by atoms with Gasteiger partial charge in [-0.2, -0.15) is 0 Å². The van der Waals surface area contributed by atoms with Gasteiger partial charge in [0.15, 0.2) is 0 Å². The highest BCUT2D eigenvalue weighted by Gasteiger charge is 2.15. The SMILES string of the molecule is CCOc1ccccc1C(=O)NCC(=O)OCc1cc(=O)oc2ccc3ccccc3c12. The van der Waals surface area contributed by atoms with Gasteiger partial charge in [0, 0.05) is 17.0 Å². The van der Waals surface area contributed by atoms with Gasteiger partial charge in [-0.25, -0.2) is 4.79 Å². The minimum Gasteiger partial charge on any atom is -0.493 e. The number of para-hydroxylation sites is 1. The Morgan fingerprint density at radius 2 is 1.78 bits per heavy atom. The monoisotopic (exact) mass is 431 g/mol. The first-order valence-electron chi connectivity index (χ1n) is 10.2. The van der Waals surface area contributed by atoms with Crippen LogP contribution < -0.4 is 15.7 Å². The van der Waals surface area contributed by atoms with Crippen molar-refractivity contribution < 1.29 is 23.5 Å². The molecule has 3 aromatic carbocycles. The quantitative estimate of drug-likeness (QED) is 0.272. The van der Waals surface area contributed by atoms with Crippen molar-refractivity contribution in [1.82, 2.24) is 5.32 Å². The Kier molecular flexibility index (Phi) is 6.17. The molecular formula is C25H21NO6. The summed E-state index contributed by atoms with van der Waals surface area (Å²) in [6.45, 7) is 1.79. The van der Waals surface area contributed by atoms with Crippen LogP contribution in [0.25, 0.3) is 21.7 Å². The molecule has 0 radical (unpaired) electrons. The standard InChI is InChI=1S/C25H21NO6/c1-2-30-20-10-6-5-9-19(20)25(29)26-14-23(28)31-15-17-13-22(27)32-21-12-11-16-7-3-4-8-18(16)24(17)21/h3-13H,2,14-15H2,1H3,(H,26,29). The Morgan fingerprint density at radius 3 is 2.62 bits per heavy atom. The predicted molar refractivity (Wildman–Crippen MR) is 120 cm³/mol. The van der Waals surface area contributed by atoms with Crippen molar-refractivity contribution in [2.45, 2.75) is 13.5 Å². The maximum atomic E-state index is 12.4. The third kappa shape index (κ3) is 4.46. The van der Waals surface area contributed by atoms with E-state index < -0.39 is 17.5 Å². The van der Waals surface area contributed by atoms with Gasteiger partial charge in [-0.05, 0) is 35.9 Å². The van der Waals surface area contributed by atoms with Crippen LogP contribution in [0.1, 0.15) is 22.8 Å². The molecule has 1 amide bonds. The molecule has 0 spiro atoms. The maximum Gasteiger partial charge on any atom is 0.336 e. The molecule has 1 aromatic heterocycles. The Balaban J connectivity index is 1.47. The normalized spacial score (nSPS) is 10.8. The molecule has 0 bridgehead atoms. The molecule has 0 aliphatic rings. The van der Waals surface area contributed by atoms with Crippen molar-refractivity contribution in [2.24, 2.45) is 0 Å². The minimum atomic E-state index is -0.631. The molecular weight excluding hydrogens is 410 g/mol. The summed E-state index contributed by atoms with van der Waals surface area (Å²) in [6.07, 6.45) is 0. The van der Waals surface area contributed by atoms with E-state index in [0.717, 1.165) is 10.8 Å². The summed E-state index contributed by atoms with van der Waals surface area (Å²) in [7, 11) is 0. The molecule has 162 valence electrons. The van der Waals surface area contributed by atoms with Crippen molar-refractivity contribution >= 4 is 33.6 Å². The fourth-order valence-electron chi connectivity index (χ4n) is 3.53. The highest BCUT2D eigenvalue weighted by molar-refractivity contribution is 6.07. The molecule has 1 heterocycles. The number of carbonyl (C=O) groups is 2. The molecule has 7 heteroatoms. The van der Waals surface area contributed by atoms with Crippen LogP contribution in [0.3, 0.4) is 0 Å². The van der Waals surface area contributed by atoms with E-state index in [4.69, 9.17) is 13.9 Å². The van der Waals surface area contributed by atoms with Crippen LogP contribution in [0.2, 0.25) is 0 Å². The van der Waals surface area contributed by atoms with Gasteiger partial charge in [-0.1, -0.05) is 42.5 Å². The number of fused-ring (bicyclic) bond motifs is 3. The zero-order valence-corrected chi connectivity index (χ0v) is 17.4. The van der Waals surface area contributed by atoms with E-state index in [1.54, 1.807) is 30.3 Å². The molecule has 0 fully saturated rings. The third-order valence-electron chi connectivity index (χ3n) is 4.93. The van der Waals surface area contributed by atoms with Crippen molar-refractivity contribution in [2.75, 3.05) is 13.2 Å². The number of nitrogens with one attached hydrogen (secondary N) is 1. The molecule has 4 aromatic rings. The van der Waals surface area contributed by atoms with E-state index in [9.17, 15) is 14.4 Å². The van der Waals surface area contributed by atoms with Crippen LogP contribution in [0.5, 0.6) is 5.75 Å². The maximum absolute atomic E-state index is 12.4. The zero-order chi connectivity index (χ0) is 22.5. The minimum absolute atomic E-state index is 0.125. The molecule has 1 N–H and O–H groups in total. The number of carbonyl (C=O) groups excluding carboxylic acids is 2. The first-order chi connectivity index (χ1) is 15.6. The average Bonchev–Trinajstić information content (AvgIpc) is 2.81. The summed E-state index contributed by atoms with van der Waals surface area (Å²) in [4.78, 5) is 36.7. The number of esters is 1. The first-order valence-corrected chi connectivity index (χ1v) is 10.2. The summed E-state index contributed by atoms with van der Waals surface area (Å²) in [5.41, 5.74) is 0.762. The highest BCUT2D eigenvalue weighted by Crippen LogP contribution is 2.27. The molecule has 0 unspecified atom stereocenters. The smallest absolute Gasteiger partial charge is 0.336 e. The summed E-state index contributed by atoms with van der Waals surface area (Å²) in [5.74, 6) is -0.633. The van der Waals surface area contributed by atoms with Crippen LogP contribution in [0.15, 0.2) is 75.9 Å². The lowest BCUT2D eigenvalue weighted by Crippen LogP contribution is -2.31. The lowest BCUT2D eigenvalue weighted by molar-refractivity contribution is -0.143. The largest absolute Gasteiger partial charge is 0.493 e. The van der Waals surface area contributed by atoms with Gasteiger partial charge in [-0.3, -0.25) is 9.59 Å². The van der Waals surface area contributed by atoms with E-state index in [2.05, 4.69) is 5.32 Å². The lowest BCUT2D eigenvalue weighted by atomic mass is 10.0. The second kappa shape index (κ2) is 9.34. The Labute approximate surface area is 183 Å². The van der Waals surface area contributed by atoms with Gasteiger partial charge in [0.05, 0.1) is 12.2 Å². The van der Waals surface area contributed by atoms with E-state index in [-0.39, 0.29) is 13.2 Å². The van der Waals surface area contributed by atoms with Gasteiger partial charge < -0.3 is 19.2 Å². The van der Waals surface area contributed by atoms with Gasteiger partial charge >= 0.3 is 11.6 Å². The van der Waals surface area contributed by atoms with Gasteiger partial charge in [0.2, 0.25) is 0 Å². The van der Waals surface area contributed by atoms with Crippen molar-refractivity contribution in [3.63, 3.8) is 0 Å². The van der Waals surface area contributed by atoms with E-state index in [0.29, 0.717) is 34.5 Å². The second-order valence-corrected chi connectivity index (χ2v) is 7.02. The predicted octanol–water partition coefficient (Wildman–Crippen LogP) is 3.82. The van der Waals surface area contributed by atoms with Crippen LogP contribution in [0.4, 0.5) is 0 Å². The van der Waals surface area contributed by atoms with E-state index in [1.165, 1.54) is 6.07 Å². The molecule has 0 atom stereocenters. The van der Waals surface area contributed by atoms with Gasteiger partial charge in [0.25, 0.3) is 5.91 Å². The second-order valence-electron chi connectivity index (χ2n) is 7.02. The Hall–Kier alpha value is -4.13. The highest BCUT2D eigenvalue weighted by atomic mass is 16.5. The topological polar surface area (TPSA) is 94.8 Å². The van der Waals surface area contributed by atoms with E-state index in [1.807, 2.05) is 37.3 Å². The Morgan fingerprint density at radius 1 is 1.00 bits per heavy atom.